The molecule has 0 amide bonds. The Balaban J connectivity index is 1.94. The average molecular weight is 178 g/mol. The van der Waals surface area contributed by atoms with E-state index in [1.807, 2.05) is 0 Å². The molecule has 3 aliphatic carbocycles. The monoisotopic (exact) mass is 178 g/mol. The van der Waals surface area contributed by atoms with E-state index < -0.39 is 0 Å². The minimum absolute atomic E-state index is 0.999. The first-order chi connectivity index (χ1) is 6.20. The molecule has 0 aromatic rings. The van der Waals surface area contributed by atoms with Crippen LogP contribution in [0.25, 0.3) is 0 Å². The van der Waals surface area contributed by atoms with Crippen molar-refractivity contribution >= 4 is 0 Å². The number of hydrogen-bond donors (Lipinski definition) is 0. The van der Waals surface area contributed by atoms with Crippen molar-refractivity contribution in [3.8, 4) is 0 Å². The van der Waals surface area contributed by atoms with Crippen molar-refractivity contribution in [2.45, 2.75) is 40.0 Å². The zero-order valence-electron chi connectivity index (χ0n) is 9.16. The lowest BCUT2D eigenvalue weighted by Crippen LogP contribution is -2.22. The van der Waals surface area contributed by atoms with E-state index in [1.165, 1.54) is 0 Å². The molecule has 0 nitrogen and oxygen atoms in total. The van der Waals surface area contributed by atoms with Crippen molar-refractivity contribution in [2.24, 2.45) is 41.4 Å². The minimum atomic E-state index is 0.999. The highest BCUT2D eigenvalue weighted by Crippen LogP contribution is 2.63. The van der Waals surface area contributed by atoms with Gasteiger partial charge in [-0.1, -0.05) is 20.8 Å². The van der Waals surface area contributed by atoms with Crippen LogP contribution in [0.1, 0.15) is 40.0 Å². The Morgan fingerprint density at radius 2 is 1.15 bits per heavy atom. The van der Waals surface area contributed by atoms with Crippen molar-refractivity contribution in [3.05, 3.63) is 0 Å². The van der Waals surface area contributed by atoms with Gasteiger partial charge in [0.25, 0.3) is 0 Å². The molecule has 0 spiro atoms. The van der Waals surface area contributed by atoms with Crippen molar-refractivity contribution in [2.75, 3.05) is 0 Å². The van der Waals surface area contributed by atoms with Crippen LogP contribution in [0.2, 0.25) is 0 Å². The predicted molar refractivity (Wildman–Crippen MR) is 55.3 cm³/mol. The molecule has 0 radical (unpaired) electrons. The molecule has 2 bridgehead atoms. The van der Waals surface area contributed by atoms with E-state index in [9.17, 15) is 0 Å². The first-order valence-electron chi connectivity index (χ1n) is 6.20. The Morgan fingerprint density at radius 1 is 0.692 bits per heavy atom. The van der Waals surface area contributed by atoms with Gasteiger partial charge >= 0.3 is 0 Å². The van der Waals surface area contributed by atoms with E-state index in [0.717, 1.165) is 41.4 Å². The van der Waals surface area contributed by atoms with Gasteiger partial charge in [-0.25, -0.2) is 0 Å². The molecule has 0 aromatic heterocycles. The lowest BCUT2D eigenvalue weighted by atomic mass is 9.77. The normalized spacial score (nSPS) is 64.4. The topological polar surface area (TPSA) is 0 Å². The molecule has 0 aromatic carbocycles. The van der Waals surface area contributed by atoms with E-state index in [0.29, 0.717) is 0 Å². The van der Waals surface area contributed by atoms with Gasteiger partial charge in [-0.3, -0.25) is 0 Å². The van der Waals surface area contributed by atoms with Gasteiger partial charge in [-0.2, -0.15) is 0 Å². The second kappa shape index (κ2) is 2.52. The van der Waals surface area contributed by atoms with Crippen LogP contribution in [-0.2, 0) is 0 Å². The van der Waals surface area contributed by atoms with Gasteiger partial charge in [0.15, 0.2) is 0 Å². The smallest absolute Gasteiger partial charge is 0.0324 e. The molecule has 6 unspecified atom stereocenters. The molecule has 3 rings (SSSR count). The van der Waals surface area contributed by atoms with E-state index in [-0.39, 0.29) is 0 Å². The van der Waals surface area contributed by atoms with Gasteiger partial charge in [0, 0.05) is 0 Å². The molecule has 0 aliphatic heterocycles. The van der Waals surface area contributed by atoms with Crippen LogP contribution in [0.4, 0.5) is 0 Å². The zero-order chi connectivity index (χ0) is 9.16. The Labute approximate surface area is 82.1 Å². The van der Waals surface area contributed by atoms with Gasteiger partial charge in [-0.15, -0.1) is 0 Å². The Morgan fingerprint density at radius 3 is 1.62 bits per heavy atom. The molecular weight excluding hydrogens is 156 g/mol. The maximum atomic E-state index is 2.52. The molecule has 3 fully saturated rings. The van der Waals surface area contributed by atoms with Crippen LogP contribution >= 0.6 is 0 Å². The maximum Gasteiger partial charge on any atom is -0.0324 e. The van der Waals surface area contributed by atoms with Gasteiger partial charge in [0.2, 0.25) is 0 Å². The van der Waals surface area contributed by atoms with Gasteiger partial charge < -0.3 is 0 Å². The minimum Gasteiger partial charge on any atom is -0.0620 e. The van der Waals surface area contributed by atoms with E-state index in [1.54, 1.807) is 19.3 Å². The second-order valence-corrected chi connectivity index (χ2v) is 6.07. The van der Waals surface area contributed by atoms with Gasteiger partial charge in [0.1, 0.15) is 0 Å². The first-order valence-corrected chi connectivity index (χ1v) is 6.20. The van der Waals surface area contributed by atoms with Crippen molar-refractivity contribution in [1.29, 1.82) is 0 Å². The van der Waals surface area contributed by atoms with Crippen LogP contribution in [-0.4, -0.2) is 0 Å². The quantitative estimate of drug-likeness (QED) is 0.532. The Kier molecular flexibility index (Phi) is 1.61. The standard InChI is InChI=1S/C13H22/c1-7-8(2)12-10-4-5-11(6-10)13(12)9(7)3/h7-13H,4-6H2,1-3H3. The molecule has 74 valence electrons. The average Bonchev–Trinajstić information content (AvgIpc) is 2.76. The summed E-state index contributed by atoms with van der Waals surface area (Å²) in [4.78, 5) is 0. The van der Waals surface area contributed by atoms with Crippen molar-refractivity contribution in [1.82, 2.24) is 0 Å². The molecule has 0 N–H and O–H groups in total. The fraction of sp³-hybridized carbons (Fsp3) is 1.00. The number of hydrogen-bond acceptors (Lipinski definition) is 0. The van der Waals surface area contributed by atoms with Crippen LogP contribution in [0.5, 0.6) is 0 Å². The van der Waals surface area contributed by atoms with E-state index in [2.05, 4.69) is 20.8 Å². The lowest BCUT2D eigenvalue weighted by Gasteiger charge is -2.28. The second-order valence-electron chi connectivity index (χ2n) is 6.07. The molecule has 0 saturated heterocycles. The summed E-state index contributed by atoms with van der Waals surface area (Å²) in [6.07, 6.45) is 4.72. The molecule has 13 heavy (non-hydrogen) atoms. The summed E-state index contributed by atoms with van der Waals surface area (Å²) in [6, 6.07) is 0. The number of fused-ring (bicyclic) bond motifs is 5. The summed E-state index contributed by atoms with van der Waals surface area (Å²) < 4.78 is 0. The molecule has 0 heteroatoms. The van der Waals surface area contributed by atoms with E-state index in [4.69, 9.17) is 0 Å². The van der Waals surface area contributed by atoms with E-state index >= 15 is 0 Å². The number of rotatable bonds is 0. The van der Waals surface area contributed by atoms with Crippen LogP contribution in [0.3, 0.4) is 0 Å². The van der Waals surface area contributed by atoms with Crippen LogP contribution < -0.4 is 0 Å². The molecule has 6 atom stereocenters. The third-order valence-electron chi connectivity index (χ3n) is 5.92. The molecular formula is C13H22. The Hall–Kier alpha value is 0. The molecule has 3 saturated carbocycles. The Bertz CT molecular complexity index is 198. The van der Waals surface area contributed by atoms with Crippen molar-refractivity contribution < 1.29 is 0 Å². The highest BCUT2D eigenvalue weighted by atomic mass is 14.6. The third kappa shape index (κ3) is 0.877. The van der Waals surface area contributed by atoms with Gasteiger partial charge in [-0.05, 0) is 60.7 Å². The van der Waals surface area contributed by atoms with Crippen LogP contribution in [0.15, 0.2) is 0 Å². The summed E-state index contributed by atoms with van der Waals surface area (Å²) in [5, 5.41) is 0. The maximum absolute atomic E-state index is 2.52. The third-order valence-corrected chi connectivity index (χ3v) is 5.92. The molecule has 0 heterocycles. The summed E-state index contributed by atoms with van der Waals surface area (Å²) >= 11 is 0. The fourth-order valence-corrected chi connectivity index (χ4v) is 5.12. The first kappa shape index (κ1) is 8.32. The van der Waals surface area contributed by atoms with Crippen LogP contribution in [0, 0.1) is 41.4 Å². The summed E-state index contributed by atoms with van der Waals surface area (Å²) in [7, 11) is 0. The fourth-order valence-electron chi connectivity index (χ4n) is 5.12. The summed E-state index contributed by atoms with van der Waals surface area (Å²) in [5.41, 5.74) is 0. The zero-order valence-corrected chi connectivity index (χ0v) is 9.16. The largest absolute Gasteiger partial charge is 0.0620 e. The highest BCUT2D eigenvalue weighted by Gasteiger charge is 2.57. The SMILES string of the molecule is CC1C(C)C2C3CCC(C3)C2C1C. The summed E-state index contributed by atoms with van der Waals surface area (Å²) in [5.74, 6) is 7.58. The van der Waals surface area contributed by atoms with Crippen molar-refractivity contribution in [3.63, 3.8) is 0 Å². The molecule has 3 aliphatic rings. The lowest BCUT2D eigenvalue weighted by molar-refractivity contribution is 0.199. The predicted octanol–water partition coefficient (Wildman–Crippen LogP) is 3.57. The van der Waals surface area contributed by atoms with Gasteiger partial charge in [0.05, 0.1) is 0 Å². The summed E-state index contributed by atoms with van der Waals surface area (Å²) in [6.45, 7) is 7.53. The highest BCUT2D eigenvalue weighted by molar-refractivity contribution is 5.05.